The summed E-state index contributed by atoms with van der Waals surface area (Å²) in [6, 6.07) is 7.88. The van der Waals surface area contributed by atoms with Gasteiger partial charge in [-0.2, -0.15) is 0 Å². The Bertz CT molecular complexity index is 696. The summed E-state index contributed by atoms with van der Waals surface area (Å²) in [7, 11) is 0. The molecule has 1 aromatic carbocycles. The number of rotatable bonds is 4. The van der Waals surface area contributed by atoms with Gasteiger partial charge in [0.15, 0.2) is 5.13 Å². The van der Waals surface area contributed by atoms with Crippen molar-refractivity contribution in [3.63, 3.8) is 0 Å². The summed E-state index contributed by atoms with van der Waals surface area (Å²) in [5.41, 5.74) is 6.82. The lowest BCUT2D eigenvalue weighted by atomic mass is 9.91. The third kappa shape index (κ3) is 2.92. The maximum atomic E-state index is 12.0. The van der Waals surface area contributed by atoms with Gasteiger partial charge in [0.1, 0.15) is 11.6 Å². The smallest absolute Gasteiger partial charge is 0.226 e. The van der Waals surface area contributed by atoms with Gasteiger partial charge in [-0.1, -0.05) is 43.4 Å². The molecule has 2 heterocycles. The number of fused-ring (bicyclic) bond motifs is 1. The van der Waals surface area contributed by atoms with E-state index in [9.17, 15) is 4.79 Å². The molecule has 1 aliphatic rings. The number of carbonyl (C=O) groups excluding carboxylic acids is 1. The van der Waals surface area contributed by atoms with Crippen LogP contribution in [0.2, 0.25) is 0 Å². The van der Waals surface area contributed by atoms with Crippen LogP contribution in [0.25, 0.3) is 0 Å². The highest BCUT2D eigenvalue weighted by Crippen LogP contribution is 2.44. The number of hydrogen-bond acceptors (Lipinski definition) is 5. The molecule has 0 aliphatic carbocycles. The number of para-hydroxylation sites is 1. The van der Waals surface area contributed by atoms with E-state index in [0.29, 0.717) is 29.9 Å². The van der Waals surface area contributed by atoms with E-state index < -0.39 is 0 Å². The fourth-order valence-electron chi connectivity index (χ4n) is 2.54. The number of nitrogen functional groups attached to an aromatic ring is 1. The fraction of sp³-hybridized carbons (Fsp3) is 0.375. The number of thiazole rings is 1. The number of nitrogens with zero attached hydrogens (tertiary/aromatic N) is 1. The predicted molar refractivity (Wildman–Crippen MR) is 88.4 cm³/mol. The van der Waals surface area contributed by atoms with E-state index in [2.05, 4.69) is 24.1 Å². The number of nitrogens with two attached hydrogens (primary N) is 1. The Morgan fingerprint density at radius 2 is 2.23 bits per heavy atom. The molecule has 1 amide bonds. The Morgan fingerprint density at radius 1 is 1.45 bits per heavy atom. The van der Waals surface area contributed by atoms with Crippen LogP contribution in [0.4, 0.5) is 10.9 Å². The summed E-state index contributed by atoms with van der Waals surface area (Å²) in [4.78, 5) is 17.2. The maximum absolute atomic E-state index is 12.0. The van der Waals surface area contributed by atoms with Crippen molar-refractivity contribution in [3.05, 3.63) is 34.7 Å². The summed E-state index contributed by atoms with van der Waals surface area (Å²) in [5.74, 6) is 1.76. The van der Waals surface area contributed by atoms with Crippen LogP contribution in [0.15, 0.2) is 24.3 Å². The van der Waals surface area contributed by atoms with Crippen molar-refractivity contribution >= 4 is 28.2 Å². The van der Waals surface area contributed by atoms with Gasteiger partial charge in [0, 0.05) is 17.9 Å². The minimum atomic E-state index is -0.0538. The number of nitrogens with one attached hydrogen (secondary N) is 1. The Balaban J connectivity index is 1.99. The van der Waals surface area contributed by atoms with Gasteiger partial charge in [-0.05, 0) is 12.0 Å². The zero-order chi connectivity index (χ0) is 15.7. The van der Waals surface area contributed by atoms with Crippen LogP contribution in [0.1, 0.15) is 36.6 Å². The van der Waals surface area contributed by atoms with E-state index in [-0.39, 0.29) is 11.8 Å². The van der Waals surface area contributed by atoms with E-state index in [1.165, 1.54) is 11.3 Å². The highest BCUT2D eigenvalue weighted by molar-refractivity contribution is 7.16. The molecule has 0 radical (unpaired) electrons. The number of anilines is 2. The molecule has 1 aliphatic heterocycles. The molecule has 22 heavy (non-hydrogen) atoms. The Morgan fingerprint density at radius 3 is 3.00 bits per heavy atom. The van der Waals surface area contributed by atoms with Gasteiger partial charge >= 0.3 is 0 Å². The standard InChI is InChI=1S/C16H19N3O2S/c1-9(2)8-21-12-6-4-3-5-10(12)11-7-13(20)18-15-14(11)22-16(17)19-15/h3-6,9,11H,7-8H2,1-2H3,(H2,17,19)(H,18,20). The Hall–Kier alpha value is -2.08. The Kier molecular flexibility index (Phi) is 4.02. The van der Waals surface area contributed by atoms with Crippen LogP contribution in [0, 0.1) is 5.92 Å². The van der Waals surface area contributed by atoms with Gasteiger partial charge < -0.3 is 15.8 Å². The summed E-state index contributed by atoms with van der Waals surface area (Å²) in [5, 5.41) is 3.26. The quantitative estimate of drug-likeness (QED) is 0.907. The molecule has 0 saturated heterocycles. The van der Waals surface area contributed by atoms with Crippen molar-refractivity contribution < 1.29 is 9.53 Å². The second-order valence-corrected chi connectivity index (χ2v) is 6.87. The summed E-state index contributed by atoms with van der Waals surface area (Å²) < 4.78 is 5.93. The van der Waals surface area contributed by atoms with Gasteiger partial charge in [-0.3, -0.25) is 4.79 Å². The predicted octanol–water partition coefficient (Wildman–Crippen LogP) is 3.23. The van der Waals surface area contributed by atoms with Crippen molar-refractivity contribution in [2.45, 2.75) is 26.2 Å². The van der Waals surface area contributed by atoms with Gasteiger partial charge in [0.25, 0.3) is 0 Å². The van der Waals surface area contributed by atoms with Crippen molar-refractivity contribution in [3.8, 4) is 5.75 Å². The molecule has 3 N–H and O–H groups in total. The molecule has 0 fully saturated rings. The highest BCUT2D eigenvalue weighted by Gasteiger charge is 2.31. The van der Waals surface area contributed by atoms with Crippen molar-refractivity contribution in [1.82, 2.24) is 4.98 Å². The first-order chi connectivity index (χ1) is 10.5. The van der Waals surface area contributed by atoms with Gasteiger partial charge in [-0.15, -0.1) is 0 Å². The largest absolute Gasteiger partial charge is 0.493 e. The van der Waals surface area contributed by atoms with Crippen molar-refractivity contribution in [1.29, 1.82) is 0 Å². The monoisotopic (exact) mass is 317 g/mol. The van der Waals surface area contributed by atoms with Crippen LogP contribution in [0.5, 0.6) is 5.75 Å². The average Bonchev–Trinajstić information content (AvgIpc) is 2.84. The molecule has 0 saturated carbocycles. The minimum Gasteiger partial charge on any atom is -0.493 e. The number of carbonyl (C=O) groups is 1. The second-order valence-electron chi connectivity index (χ2n) is 5.81. The van der Waals surface area contributed by atoms with E-state index >= 15 is 0 Å². The molecule has 6 heteroatoms. The third-order valence-corrected chi connectivity index (χ3v) is 4.50. The van der Waals surface area contributed by atoms with E-state index in [0.717, 1.165) is 16.2 Å². The van der Waals surface area contributed by atoms with Crippen molar-refractivity contribution in [2.75, 3.05) is 17.7 Å². The van der Waals surface area contributed by atoms with E-state index in [1.807, 2.05) is 24.3 Å². The van der Waals surface area contributed by atoms with Gasteiger partial charge in [0.2, 0.25) is 5.91 Å². The molecular formula is C16H19N3O2S. The lowest BCUT2D eigenvalue weighted by Gasteiger charge is -2.24. The minimum absolute atomic E-state index is 0.0403. The third-order valence-electron chi connectivity index (χ3n) is 3.50. The number of hydrogen-bond donors (Lipinski definition) is 2. The second kappa shape index (κ2) is 5.96. The zero-order valence-electron chi connectivity index (χ0n) is 12.6. The molecule has 1 atom stereocenters. The lowest BCUT2D eigenvalue weighted by Crippen LogP contribution is -2.23. The van der Waals surface area contributed by atoms with Gasteiger partial charge in [-0.25, -0.2) is 4.98 Å². The summed E-state index contributed by atoms with van der Waals surface area (Å²) in [6.07, 6.45) is 0.386. The van der Waals surface area contributed by atoms with Crippen LogP contribution >= 0.6 is 11.3 Å². The lowest BCUT2D eigenvalue weighted by molar-refractivity contribution is -0.116. The van der Waals surface area contributed by atoms with Crippen LogP contribution in [0.3, 0.4) is 0 Å². The topological polar surface area (TPSA) is 77.2 Å². The van der Waals surface area contributed by atoms with E-state index in [4.69, 9.17) is 10.5 Å². The van der Waals surface area contributed by atoms with E-state index in [1.54, 1.807) is 0 Å². The SMILES string of the molecule is CC(C)COc1ccccc1C1CC(=O)Nc2nc(N)sc21. The molecular weight excluding hydrogens is 298 g/mol. The molecule has 116 valence electrons. The number of benzene rings is 1. The molecule has 3 rings (SSSR count). The normalized spacial score (nSPS) is 17.2. The number of ether oxygens (including phenoxy) is 1. The summed E-state index contributed by atoms with van der Waals surface area (Å²) >= 11 is 1.42. The van der Waals surface area contributed by atoms with Gasteiger partial charge in [0.05, 0.1) is 11.5 Å². The molecule has 0 bridgehead atoms. The first kappa shape index (κ1) is 14.8. The highest BCUT2D eigenvalue weighted by atomic mass is 32.1. The van der Waals surface area contributed by atoms with Crippen LogP contribution in [-0.2, 0) is 4.79 Å². The first-order valence-electron chi connectivity index (χ1n) is 7.32. The Labute approximate surface area is 133 Å². The molecule has 5 nitrogen and oxygen atoms in total. The number of amides is 1. The van der Waals surface area contributed by atoms with Crippen LogP contribution in [-0.4, -0.2) is 17.5 Å². The molecule has 0 spiro atoms. The molecule has 1 unspecified atom stereocenters. The summed E-state index contributed by atoms with van der Waals surface area (Å²) in [6.45, 7) is 4.87. The maximum Gasteiger partial charge on any atom is 0.226 e. The number of aromatic nitrogens is 1. The zero-order valence-corrected chi connectivity index (χ0v) is 13.4. The average molecular weight is 317 g/mol. The van der Waals surface area contributed by atoms with Crippen LogP contribution < -0.4 is 15.8 Å². The van der Waals surface area contributed by atoms with Crippen molar-refractivity contribution in [2.24, 2.45) is 5.92 Å². The first-order valence-corrected chi connectivity index (χ1v) is 8.14. The molecule has 2 aromatic rings. The fourth-order valence-corrected chi connectivity index (χ4v) is 3.45. The molecule has 1 aromatic heterocycles.